The Kier molecular flexibility index (Phi) is 5.03. The first-order chi connectivity index (χ1) is 9.65. The van der Waals surface area contributed by atoms with Gasteiger partial charge in [-0.1, -0.05) is 12.1 Å². The van der Waals surface area contributed by atoms with Crippen LogP contribution in [0.5, 0.6) is 0 Å². The maximum Gasteiger partial charge on any atom is 0.326 e. The zero-order chi connectivity index (χ0) is 14.4. The second-order valence-corrected chi connectivity index (χ2v) is 4.37. The molecule has 2 N–H and O–H groups in total. The number of carbonyl (C=O) groups is 2. The quantitative estimate of drug-likeness (QED) is 0.860. The van der Waals surface area contributed by atoms with Crippen molar-refractivity contribution in [1.82, 2.24) is 10.2 Å². The van der Waals surface area contributed by atoms with Crippen molar-refractivity contribution in [3.05, 3.63) is 30.1 Å². The zero-order valence-corrected chi connectivity index (χ0v) is 10.9. The molecular formula is C13H16FN3O3. The molecule has 6 nitrogen and oxygen atoms in total. The van der Waals surface area contributed by atoms with E-state index in [1.165, 1.54) is 18.2 Å². The van der Waals surface area contributed by atoms with Gasteiger partial charge in [0.15, 0.2) is 0 Å². The summed E-state index contributed by atoms with van der Waals surface area (Å²) >= 11 is 0. The Hall–Kier alpha value is -1.99. The summed E-state index contributed by atoms with van der Waals surface area (Å²) in [6.45, 7) is 2.59. The van der Waals surface area contributed by atoms with Gasteiger partial charge in [-0.2, -0.15) is 0 Å². The number of nitrogens with zero attached hydrogens (tertiary/aromatic N) is 1. The number of para-hydroxylation sites is 1. The van der Waals surface area contributed by atoms with Crippen LogP contribution in [-0.4, -0.2) is 49.7 Å². The van der Waals surface area contributed by atoms with Gasteiger partial charge in [-0.05, 0) is 12.1 Å². The first kappa shape index (κ1) is 14.4. The summed E-state index contributed by atoms with van der Waals surface area (Å²) in [5.74, 6) is -0.982. The van der Waals surface area contributed by atoms with Crippen LogP contribution in [0.15, 0.2) is 24.3 Å². The van der Waals surface area contributed by atoms with E-state index in [0.717, 1.165) is 0 Å². The average Bonchev–Trinajstić information content (AvgIpc) is 2.42. The number of imide groups is 1. The molecule has 0 bridgehead atoms. The first-order valence-corrected chi connectivity index (χ1v) is 6.30. The summed E-state index contributed by atoms with van der Waals surface area (Å²) in [5, 5.41) is 4.45. The van der Waals surface area contributed by atoms with Crippen molar-refractivity contribution < 1.29 is 18.7 Å². The van der Waals surface area contributed by atoms with E-state index in [2.05, 4.69) is 10.6 Å². The van der Waals surface area contributed by atoms with Crippen molar-refractivity contribution in [2.75, 3.05) is 38.2 Å². The standard InChI is InChI=1S/C13H16FN3O3/c14-10-3-1-2-4-11(10)15-13(19)16-12(18)9-17-5-7-20-8-6-17/h1-4H,5-9H2,(H2,15,16,18,19). The lowest BCUT2D eigenvalue weighted by Crippen LogP contribution is -2.45. The van der Waals surface area contributed by atoms with Gasteiger partial charge in [0, 0.05) is 13.1 Å². The fourth-order valence-corrected chi connectivity index (χ4v) is 1.84. The summed E-state index contributed by atoms with van der Waals surface area (Å²) in [6.07, 6.45) is 0. The third-order valence-corrected chi connectivity index (χ3v) is 2.85. The number of hydrogen-bond donors (Lipinski definition) is 2. The maximum absolute atomic E-state index is 13.3. The van der Waals surface area contributed by atoms with Gasteiger partial charge in [-0.15, -0.1) is 0 Å². The fourth-order valence-electron chi connectivity index (χ4n) is 1.84. The molecule has 3 amide bonds. The molecule has 1 fully saturated rings. The van der Waals surface area contributed by atoms with Crippen molar-refractivity contribution in [3.63, 3.8) is 0 Å². The molecule has 0 spiro atoms. The Labute approximate surface area is 115 Å². The van der Waals surface area contributed by atoms with E-state index >= 15 is 0 Å². The number of morpholine rings is 1. The molecular weight excluding hydrogens is 265 g/mol. The summed E-state index contributed by atoms with van der Waals surface area (Å²) < 4.78 is 18.5. The average molecular weight is 281 g/mol. The smallest absolute Gasteiger partial charge is 0.326 e. The number of halogens is 1. The van der Waals surface area contributed by atoms with Gasteiger partial charge < -0.3 is 10.1 Å². The zero-order valence-electron chi connectivity index (χ0n) is 10.9. The highest BCUT2D eigenvalue weighted by Gasteiger charge is 2.16. The van der Waals surface area contributed by atoms with Crippen LogP contribution in [0.25, 0.3) is 0 Å². The molecule has 108 valence electrons. The van der Waals surface area contributed by atoms with Crippen LogP contribution in [0.2, 0.25) is 0 Å². The van der Waals surface area contributed by atoms with Gasteiger partial charge in [0.05, 0.1) is 25.4 Å². The summed E-state index contributed by atoms with van der Waals surface area (Å²) in [5.41, 5.74) is 0.0316. The Bertz CT molecular complexity index is 490. The lowest BCUT2D eigenvalue weighted by atomic mass is 10.3. The minimum absolute atomic E-state index is 0.0316. The molecule has 1 aliphatic rings. The molecule has 1 aliphatic heterocycles. The number of hydrogen-bond acceptors (Lipinski definition) is 4. The monoisotopic (exact) mass is 281 g/mol. The minimum atomic E-state index is -0.742. The van der Waals surface area contributed by atoms with E-state index < -0.39 is 17.8 Å². The van der Waals surface area contributed by atoms with Crippen LogP contribution in [-0.2, 0) is 9.53 Å². The molecule has 0 saturated carbocycles. The molecule has 1 heterocycles. The van der Waals surface area contributed by atoms with Gasteiger partial charge in [0.1, 0.15) is 5.82 Å². The van der Waals surface area contributed by atoms with Crippen molar-refractivity contribution in [2.45, 2.75) is 0 Å². The lowest BCUT2D eigenvalue weighted by Gasteiger charge is -2.25. The number of anilines is 1. The second kappa shape index (κ2) is 6.97. The number of benzene rings is 1. The molecule has 1 aromatic carbocycles. The van der Waals surface area contributed by atoms with E-state index in [1.54, 1.807) is 6.07 Å². The topological polar surface area (TPSA) is 70.7 Å². The molecule has 7 heteroatoms. The summed E-state index contributed by atoms with van der Waals surface area (Å²) in [7, 11) is 0. The van der Waals surface area contributed by atoms with Gasteiger partial charge in [-0.3, -0.25) is 15.0 Å². The van der Waals surface area contributed by atoms with E-state index in [0.29, 0.717) is 26.3 Å². The number of ether oxygens (including phenoxy) is 1. The van der Waals surface area contributed by atoms with Crippen LogP contribution in [0.3, 0.4) is 0 Å². The van der Waals surface area contributed by atoms with Crippen molar-refractivity contribution >= 4 is 17.6 Å². The Morgan fingerprint density at radius 1 is 1.25 bits per heavy atom. The van der Waals surface area contributed by atoms with Crippen LogP contribution in [0, 0.1) is 5.82 Å². The molecule has 0 aliphatic carbocycles. The third-order valence-electron chi connectivity index (χ3n) is 2.85. The van der Waals surface area contributed by atoms with E-state index in [1.807, 2.05) is 4.90 Å². The van der Waals surface area contributed by atoms with Crippen LogP contribution in [0.1, 0.15) is 0 Å². The van der Waals surface area contributed by atoms with Gasteiger partial charge >= 0.3 is 6.03 Å². The number of amides is 3. The fraction of sp³-hybridized carbons (Fsp3) is 0.385. The molecule has 1 saturated heterocycles. The molecule has 20 heavy (non-hydrogen) atoms. The predicted octanol–water partition coefficient (Wildman–Crippen LogP) is 0.806. The largest absolute Gasteiger partial charge is 0.379 e. The number of urea groups is 1. The van der Waals surface area contributed by atoms with Crippen LogP contribution in [0.4, 0.5) is 14.9 Å². The third kappa shape index (κ3) is 4.29. The van der Waals surface area contributed by atoms with Crippen LogP contribution < -0.4 is 10.6 Å². The molecule has 2 rings (SSSR count). The van der Waals surface area contributed by atoms with Crippen molar-refractivity contribution in [2.24, 2.45) is 0 Å². The highest BCUT2D eigenvalue weighted by Crippen LogP contribution is 2.11. The Morgan fingerprint density at radius 3 is 2.65 bits per heavy atom. The first-order valence-electron chi connectivity index (χ1n) is 6.30. The molecule has 0 aromatic heterocycles. The van der Waals surface area contributed by atoms with Crippen molar-refractivity contribution in [1.29, 1.82) is 0 Å². The predicted molar refractivity (Wildman–Crippen MR) is 70.8 cm³/mol. The highest BCUT2D eigenvalue weighted by atomic mass is 19.1. The van der Waals surface area contributed by atoms with Crippen molar-refractivity contribution in [3.8, 4) is 0 Å². The summed E-state index contributed by atoms with van der Waals surface area (Å²) in [6, 6.07) is 5.01. The van der Waals surface area contributed by atoms with Gasteiger partial charge in [0.25, 0.3) is 0 Å². The Balaban J connectivity index is 1.79. The SMILES string of the molecule is O=C(CN1CCOCC1)NC(=O)Nc1ccccc1F. The number of carbonyl (C=O) groups excluding carboxylic acids is 2. The molecule has 1 aromatic rings. The maximum atomic E-state index is 13.3. The van der Waals surface area contributed by atoms with Gasteiger partial charge in [-0.25, -0.2) is 9.18 Å². The minimum Gasteiger partial charge on any atom is -0.379 e. The number of rotatable bonds is 3. The van der Waals surface area contributed by atoms with Gasteiger partial charge in [0.2, 0.25) is 5.91 Å². The van der Waals surface area contributed by atoms with E-state index in [9.17, 15) is 14.0 Å². The molecule has 0 atom stereocenters. The van der Waals surface area contributed by atoms with E-state index in [-0.39, 0.29) is 12.2 Å². The molecule has 0 radical (unpaired) electrons. The lowest BCUT2D eigenvalue weighted by molar-refractivity contribution is -0.122. The number of nitrogens with one attached hydrogen (secondary N) is 2. The van der Waals surface area contributed by atoms with Crippen LogP contribution >= 0.6 is 0 Å². The second-order valence-electron chi connectivity index (χ2n) is 4.37. The normalized spacial score (nSPS) is 15.7. The Morgan fingerprint density at radius 2 is 1.95 bits per heavy atom. The summed E-state index contributed by atoms with van der Waals surface area (Å²) in [4.78, 5) is 25.1. The highest BCUT2D eigenvalue weighted by molar-refractivity contribution is 6.01. The molecule has 0 unspecified atom stereocenters. The van der Waals surface area contributed by atoms with E-state index in [4.69, 9.17) is 4.74 Å².